The van der Waals surface area contributed by atoms with Crippen LogP contribution in [-0.2, 0) is 10.0 Å². The van der Waals surface area contributed by atoms with Gasteiger partial charge < -0.3 is 9.14 Å². The summed E-state index contributed by atoms with van der Waals surface area (Å²) >= 11 is 0. The molecule has 4 aromatic rings. The minimum atomic E-state index is -3.92. The van der Waals surface area contributed by atoms with E-state index in [1.165, 1.54) is 19.2 Å². The van der Waals surface area contributed by atoms with Crippen molar-refractivity contribution in [1.82, 2.24) is 9.38 Å². The number of anilines is 1. The lowest BCUT2D eigenvalue weighted by molar-refractivity contribution is 0.417. The molecule has 4 rings (SSSR count). The van der Waals surface area contributed by atoms with Crippen LogP contribution in [-0.4, -0.2) is 24.9 Å². The van der Waals surface area contributed by atoms with Crippen molar-refractivity contribution in [2.75, 3.05) is 11.8 Å². The highest BCUT2D eigenvalue weighted by Crippen LogP contribution is 2.32. The Labute approximate surface area is 167 Å². The second-order valence-corrected chi connectivity index (χ2v) is 8.21. The van der Waals surface area contributed by atoms with Gasteiger partial charge in [-0.1, -0.05) is 6.07 Å². The number of aromatic nitrogens is 2. The molecule has 0 radical (unpaired) electrons. The number of hydrogen-bond donors (Lipinski definition) is 1. The molecule has 8 heteroatoms. The van der Waals surface area contributed by atoms with Crippen molar-refractivity contribution >= 4 is 21.4 Å². The zero-order chi connectivity index (χ0) is 20.6. The Morgan fingerprint density at radius 1 is 1.10 bits per heavy atom. The molecule has 6 nitrogen and oxygen atoms in total. The Balaban J connectivity index is 1.75. The number of methoxy groups -OCH3 is 1. The number of ether oxygens (including phenoxy) is 1. The van der Waals surface area contributed by atoms with Gasteiger partial charge in [0.05, 0.1) is 23.4 Å². The standard InChI is InChI=1S/C21H18FN3O3S/c1-14-4-3-11-25-13-19(23-21(14)25)15-5-10-20(28-2)18(12-15)24-29(26,27)17-8-6-16(22)7-9-17/h3-13,24H,1-2H3. The van der Waals surface area contributed by atoms with Gasteiger partial charge in [-0.05, 0) is 61.0 Å². The maximum absolute atomic E-state index is 13.1. The van der Waals surface area contributed by atoms with E-state index in [0.717, 1.165) is 28.9 Å². The first kappa shape index (κ1) is 18.9. The molecule has 0 fully saturated rings. The monoisotopic (exact) mass is 411 g/mol. The smallest absolute Gasteiger partial charge is 0.262 e. The van der Waals surface area contributed by atoms with Crippen LogP contribution in [0, 0.1) is 12.7 Å². The van der Waals surface area contributed by atoms with Gasteiger partial charge in [0.15, 0.2) is 0 Å². The van der Waals surface area contributed by atoms with Crippen LogP contribution in [0.3, 0.4) is 0 Å². The van der Waals surface area contributed by atoms with Gasteiger partial charge in [-0.15, -0.1) is 0 Å². The largest absolute Gasteiger partial charge is 0.495 e. The van der Waals surface area contributed by atoms with Crippen molar-refractivity contribution in [3.8, 4) is 17.0 Å². The molecule has 2 aromatic heterocycles. The van der Waals surface area contributed by atoms with Gasteiger partial charge >= 0.3 is 0 Å². The normalized spacial score (nSPS) is 11.6. The van der Waals surface area contributed by atoms with Crippen LogP contribution in [0.2, 0.25) is 0 Å². The van der Waals surface area contributed by atoms with E-state index in [-0.39, 0.29) is 10.6 Å². The number of imidazole rings is 1. The van der Waals surface area contributed by atoms with Crippen LogP contribution in [0.5, 0.6) is 5.75 Å². The maximum Gasteiger partial charge on any atom is 0.262 e. The maximum atomic E-state index is 13.1. The molecule has 0 amide bonds. The number of benzene rings is 2. The molecule has 0 bridgehead atoms. The number of fused-ring (bicyclic) bond motifs is 1. The van der Waals surface area contributed by atoms with E-state index in [1.54, 1.807) is 12.1 Å². The molecule has 2 aromatic carbocycles. The Morgan fingerprint density at radius 2 is 1.86 bits per heavy atom. The first-order valence-corrected chi connectivity index (χ1v) is 10.3. The quantitative estimate of drug-likeness (QED) is 0.533. The fourth-order valence-corrected chi connectivity index (χ4v) is 4.12. The minimum Gasteiger partial charge on any atom is -0.495 e. The van der Waals surface area contributed by atoms with Gasteiger partial charge in [0.25, 0.3) is 10.0 Å². The zero-order valence-electron chi connectivity index (χ0n) is 15.8. The third-order valence-corrected chi connectivity index (χ3v) is 5.92. The van der Waals surface area contributed by atoms with Crippen molar-refractivity contribution in [2.45, 2.75) is 11.8 Å². The highest BCUT2D eigenvalue weighted by Gasteiger charge is 2.18. The number of nitrogens with one attached hydrogen (secondary N) is 1. The average Bonchev–Trinajstić information content (AvgIpc) is 3.14. The van der Waals surface area contributed by atoms with E-state index in [0.29, 0.717) is 11.4 Å². The molecule has 2 heterocycles. The average molecular weight is 411 g/mol. The summed E-state index contributed by atoms with van der Waals surface area (Å²) in [4.78, 5) is 4.60. The lowest BCUT2D eigenvalue weighted by atomic mass is 10.1. The zero-order valence-corrected chi connectivity index (χ0v) is 16.6. The lowest BCUT2D eigenvalue weighted by Gasteiger charge is -2.13. The Kier molecular flexibility index (Phi) is 4.71. The van der Waals surface area contributed by atoms with Gasteiger partial charge in [0.1, 0.15) is 17.2 Å². The van der Waals surface area contributed by atoms with Crippen molar-refractivity contribution in [3.63, 3.8) is 0 Å². The fourth-order valence-electron chi connectivity index (χ4n) is 3.06. The van der Waals surface area contributed by atoms with Crippen molar-refractivity contribution < 1.29 is 17.5 Å². The number of halogens is 1. The van der Waals surface area contributed by atoms with Crippen LogP contribution in [0.4, 0.5) is 10.1 Å². The molecule has 0 unspecified atom stereocenters. The highest BCUT2D eigenvalue weighted by atomic mass is 32.2. The van der Waals surface area contributed by atoms with Crippen LogP contribution in [0.15, 0.2) is 71.9 Å². The first-order chi connectivity index (χ1) is 13.9. The van der Waals surface area contributed by atoms with E-state index >= 15 is 0 Å². The summed E-state index contributed by atoms with van der Waals surface area (Å²) in [5.41, 5.74) is 3.55. The molecule has 0 saturated heterocycles. The topological polar surface area (TPSA) is 72.7 Å². The number of sulfonamides is 1. The molecule has 0 saturated carbocycles. The van der Waals surface area contributed by atoms with Crippen LogP contribution in [0.25, 0.3) is 16.9 Å². The second kappa shape index (κ2) is 7.21. The van der Waals surface area contributed by atoms with Crippen molar-refractivity contribution in [3.05, 3.63) is 78.4 Å². The molecular weight excluding hydrogens is 393 g/mol. The first-order valence-electron chi connectivity index (χ1n) is 8.78. The van der Waals surface area contributed by atoms with E-state index in [4.69, 9.17) is 4.74 Å². The molecule has 0 aliphatic heterocycles. The number of aryl methyl sites for hydroxylation is 1. The Hall–Kier alpha value is -3.39. The summed E-state index contributed by atoms with van der Waals surface area (Å²) < 4.78 is 48.3. The summed E-state index contributed by atoms with van der Waals surface area (Å²) in [5.74, 6) is -0.148. The lowest BCUT2D eigenvalue weighted by Crippen LogP contribution is -2.13. The second-order valence-electron chi connectivity index (χ2n) is 6.52. The summed E-state index contributed by atoms with van der Waals surface area (Å²) in [6.45, 7) is 1.97. The summed E-state index contributed by atoms with van der Waals surface area (Å²) in [6, 6.07) is 13.7. The molecule has 29 heavy (non-hydrogen) atoms. The summed E-state index contributed by atoms with van der Waals surface area (Å²) in [6.07, 6.45) is 3.78. The Bertz CT molecular complexity index is 1300. The Morgan fingerprint density at radius 3 is 2.55 bits per heavy atom. The summed E-state index contributed by atoms with van der Waals surface area (Å²) in [5, 5.41) is 0. The van der Waals surface area contributed by atoms with Crippen LogP contribution in [0.1, 0.15) is 5.56 Å². The third kappa shape index (κ3) is 3.66. The molecule has 0 atom stereocenters. The molecule has 0 aliphatic carbocycles. The SMILES string of the molecule is COc1ccc(-c2cn3cccc(C)c3n2)cc1NS(=O)(=O)c1ccc(F)cc1. The van der Waals surface area contributed by atoms with Crippen molar-refractivity contribution in [2.24, 2.45) is 0 Å². The number of rotatable bonds is 5. The van der Waals surface area contributed by atoms with Crippen molar-refractivity contribution in [1.29, 1.82) is 0 Å². The van der Waals surface area contributed by atoms with E-state index in [1.807, 2.05) is 41.9 Å². The van der Waals surface area contributed by atoms with Crippen LogP contribution >= 0.6 is 0 Å². The van der Waals surface area contributed by atoms with Gasteiger partial charge in [-0.3, -0.25) is 4.72 Å². The molecule has 148 valence electrons. The molecular formula is C21H18FN3O3S. The highest BCUT2D eigenvalue weighted by molar-refractivity contribution is 7.92. The minimum absolute atomic E-state index is 0.0466. The molecule has 1 N–H and O–H groups in total. The van der Waals surface area contributed by atoms with Gasteiger partial charge in [-0.25, -0.2) is 17.8 Å². The number of pyridine rings is 1. The predicted molar refractivity (Wildman–Crippen MR) is 109 cm³/mol. The molecule has 0 aliphatic rings. The number of nitrogens with zero attached hydrogens (tertiary/aromatic N) is 2. The van der Waals surface area contributed by atoms with Gasteiger partial charge in [0, 0.05) is 18.0 Å². The van der Waals surface area contributed by atoms with E-state index < -0.39 is 15.8 Å². The van der Waals surface area contributed by atoms with E-state index in [2.05, 4.69) is 9.71 Å². The predicted octanol–water partition coefficient (Wildman–Crippen LogP) is 4.26. The third-order valence-electron chi connectivity index (χ3n) is 4.54. The van der Waals surface area contributed by atoms with Crippen LogP contribution < -0.4 is 9.46 Å². The molecule has 0 spiro atoms. The fraction of sp³-hybridized carbons (Fsp3) is 0.0952. The van der Waals surface area contributed by atoms with Gasteiger partial charge in [0.2, 0.25) is 0 Å². The summed E-state index contributed by atoms with van der Waals surface area (Å²) in [7, 11) is -2.46. The van der Waals surface area contributed by atoms with E-state index in [9.17, 15) is 12.8 Å². The van der Waals surface area contributed by atoms with Gasteiger partial charge in [-0.2, -0.15) is 0 Å². The number of hydrogen-bond acceptors (Lipinski definition) is 4.